The van der Waals surface area contributed by atoms with Crippen LogP contribution in [0.3, 0.4) is 0 Å². The van der Waals surface area contributed by atoms with Gasteiger partial charge in [-0.2, -0.15) is 0 Å². The molecule has 0 unspecified atom stereocenters. The largest absolute Gasteiger partial charge is 0.383 e. The van der Waals surface area contributed by atoms with E-state index in [0.717, 1.165) is 17.6 Å². The van der Waals surface area contributed by atoms with Crippen molar-refractivity contribution >= 4 is 17.1 Å². The Balaban J connectivity index is 1.64. The summed E-state index contributed by atoms with van der Waals surface area (Å²) >= 11 is 0. The summed E-state index contributed by atoms with van der Waals surface area (Å²) in [5.41, 5.74) is 2.77. The maximum Gasteiger partial charge on any atom is 0.330 e. The third-order valence-electron chi connectivity index (χ3n) is 5.20. The molecule has 0 aliphatic carbocycles. The van der Waals surface area contributed by atoms with Gasteiger partial charge < -0.3 is 9.64 Å². The van der Waals surface area contributed by atoms with Crippen LogP contribution >= 0.6 is 0 Å². The molecule has 1 aliphatic rings. The van der Waals surface area contributed by atoms with Crippen LogP contribution in [-0.2, 0) is 11.3 Å². The van der Waals surface area contributed by atoms with Crippen LogP contribution < -0.4 is 5.69 Å². The number of carbonyl (C=O) groups excluding carboxylic acids is 1. The summed E-state index contributed by atoms with van der Waals surface area (Å²) in [4.78, 5) is 36.3. The normalized spacial score (nSPS) is 16.8. The molecule has 0 saturated carbocycles. The Labute approximate surface area is 162 Å². The van der Waals surface area contributed by atoms with Crippen molar-refractivity contribution in [3.63, 3.8) is 0 Å². The molecule has 146 valence electrons. The zero-order valence-electron chi connectivity index (χ0n) is 16.0. The summed E-state index contributed by atoms with van der Waals surface area (Å²) in [6.07, 6.45) is 4.06. The van der Waals surface area contributed by atoms with Gasteiger partial charge in [0.1, 0.15) is 0 Å². The lowest BCUT2D eigenvalue weighted by molar-refractivity contribution is 0.0787. The minimum absolute atomic E-state index is 0.0304. The number of ether oxygens (including phenoxy) is 1. The molecule has 4 rings (SSSR count). The van der Waals surface area contributed by atoms with Crippen LogP contribution in [0.25, 0.3) is 11.2 Å². The lowest BCUT2D eigenvalue weighted by Gasteiger charge is -2.17. The van der Waals surface area contributed by atoms with Gasteiger partial charge in [-0.1, -0.05) is 0 Å². The minimum atomic E-state index is -0.107. The number of aryl methyl sites for hydroxylation is 1. The van der Waals surface area contributed by atoms with E-state index in [-0.39, 0.29) is 17.6 Å². The molecule has 0 aromatic carbocycles. The van der Waals surface area contributed by atoms with Crippen molar-refractivity contribution < 1.29 is 9.53 Å². The number of hydrogen-bond donors (Lipinski definition) is 0. The maximum atomic E-state index is 13.1. The monoisotopic (exact) mass is 381 g/mol. The molecular weight excluding hydrogens is 358 g/mol. The summed E-state index contributed by atoms with van der Waals surface area (Å²) in [6.45, 7) is 3.87. The van der Waals surface area contributed by atoms with Gasteiger partial charge in [0.05, 0.1) is 24.7 Å². The van der Waals surface area contributed by atoms with E-state index in [0.29, 0.717) is 37.5 Å². The first-order valence-corrected chi connectivity index (χ1v) is 9.36. The number of rotatable bonds is 5. The average molecular weight is 381 g/mol. The molecule has 3 aromatic rings. The van der Waals surface area contributed by atoms with Crippen molar-refractivity contribution in [1.82, 2.24) is 24.0 Å². The van der Waals surface area contributed by atoms with E-state index in [2.05, 4.69) is 9.97 Å². The number of imidazole rings is 1. The zero-order valence-corrected chi connectivity index (χ0v) is 16.0. The molecule has 1 fully saturated rings. The molecule has 3 aromatic heterocycles. The van der Waals surface area contributed by atoms with Crippen LogP contribution in [0.5, 0.6) is 0 Å². The zero-order chi connectivity index (χ0) is 19.7. The molecule has 8 nitrogen and oxygen atoms in total. The number of carbonyl (C=O) groups is 1. The first-order chi connectivity index (χ1) is 13.6. The van der Waals surface area contributed by atoms with Crippen LogP contribution in [0.15, 0.2) is 41.5 Å². The summed E-state index contributed by atoms with van der Waals surface area (Å²) in [5, 5.41) is 0. The average Bonchev–Trinajstić information content (AvgIpc) is 3.28. The summed E-state index contributed by atoms with van der Waals surface area (Å²) in [6, 6.07) is 7.15. The Kier molecular flexibility index (Phi) is 4.95. The molecule has 0 radical (unpaired) electrons. The number of pyridine rings is 2. The number of aromatic nitrogens is 4. The van der Waals surface area contributed by atoms with Crippen LogP contribution in [0, 0.1) is 6.92 Å². The van der Waals surface area contributed by atoms with Gasteiger partial charge in [0.2, 0.25) is 0 Å². The first kappa shape index (κ1) is 18.4. The Morgan fingerprint density at radius 1 is 1.29 bits per heavy atom. The van der Waals surface area contributed by atoms with Gasteiger partial charge >= 0.3 is 5.69 Å². The molecule has 0 bridgehead atoms. The van der Waals surface area contributed by atoms with E-state index in [4.69, 9.17) is 4.74 Å². The minimum Gasteiger partial charge on any atom is -0.383 e. The van der Waals surface area contributed by atoms with Crippen molar-refractivity contribution in [1.29, 1.82) is 0 Å². The van der Waals surface area contributed by atoms with E-state index >= 15 is 0 Å². The highest BCUT2D eigenvalue weighted by Crippen LogP contribution is 2.25. The lowest BCUT2D eigenvalue weighted by Crippen LogP contribution is -2.32. The van der Waals surface area contributed by atoms with Crippen LogP contribution in [0.4, 0.5) is 0 Å². The Morgan fingerprint density at radius 3 is 2.93 bits per heavy atom. The van der Waals surface area contributed by atoms with Crippen LogP contribution in [-0.4, -0.2) is 56.7 Å². The van der Waals surface area contributed by atoms with Gasteiger partial charge in [-0.25, -0.2) is 9.78 Å². The maximum absolute atomic E-state index is 13.1. The Bertz CT molecular complexity index is 1070. The number of fused-ring (bicyclic) bond motifs is 1. The number of nitrogens with zero attached hydrogens (tertiary/aromatic N) is 5. The molecule has 0 N–H and O–H groups in total. The van der Waals surface area contributed by atoms with Gasteiger partial charge in [-0.3, -0.25) is 18.9 Å². The van der Waals surface area contributed by atoms with Crippen molar-refractivity contribution in [2.75, 3.05) is 26.8 Å². The number of likely N-dealkylation sites (tertiary alicyclic amines) is 1. The highest BCUT2D eigenvalue weighted by atomic mass is 16.5. The molecule has 0 spiro atoms. The predicted octanol–water partition coefficient (Wildman–Crippen LogP) is 1.64. The van der Waals surface area contributed by atoms with E-state index < -0.39 is 0 Å². The fourth-order valence-electron chi connectivity index (χ4n) is 3.83. The van der Waals surface area contributed by atoms with Gasteiger partial charge in [0.25, 0.3) is 5.91 Å². The quantitative estimate of drug-likeness (QED) is 0.671. The standard InChI is InChI=1S/C20H23N5O3/c1-14-12-15(5-8-21-14)19(26)23-9-6-16(13-23)25-18-17(4-3-7-22-18)24(20(25)27)10-11-28-2/h3-5,7-8,12,16H,6,9-11,13H2,1-2H3/t16-/m1/s1. The van der Waals surface area contributed by atoms with E-state index in [9.17, 15) is 9.59 Å². The predicted molar refractivity (Wildman–Crippen MR) is 104 cm³/mol. The topological polar surface area (TPSA) is 82.2 Å². The molecule has 28 heavy (non-hydrogen) atoms. The van der Waals surface area contributed by atoms with Crippen molar-refractivity contribution in [2.45, 2.75) is 25.9 Å². The second kappa shape index (κ2) is 7.55. The molecular formula is C20H23N5O3. The second-order valence-electron chi connectivity index (χ2n) is 7.02. The SMILES string of the molecule is COCCn1c(=O)n([C@@H]2CCN(C(=O)c3ccnc(C)c3)C2)c2ncccc21. The van der Waals surface area contributed by atoms with Gasteiger partial charge in [0, 0.05) is 43.9 Å². The molecule has 1 atom stereocenters. The number of hydrogen-bond acceptors (Lipinski definition) is 5. The van der Waals surface area contributed by atoms with E-state index in [1.165, 1.54) is 0 Å². The summed E-state index contributed by atoms with van der Waals surface area (Å²) in [5.74, 6) is -0.0304. The van der Waals surface area contributed by atoms with E-state index in [1.807, 2.05) is 19.1 Å². The highest BCUT2D eigenvalue weighted by molar-refractivity contribution is 5.94. The molecule has 1 saturated heterocycles. The van der Waals surface area contributed by atoms with Crippen molar-refractivity contribution in [3.05, 3.63) is 58.4 Å². The fraction of sp³-hybridized carbons (Fsp3) is 0.400. The molecule has 8 heteroatoms. The number of methoxy groups -OCH3 is 1. The van der Waals surface area contributed by atoms with Crippen molar-refractivity contribution in [3.8, 4) is 0 Å². The summed E-state index contributed by atoms with van der Waals surface area (Å²) in [7, 11) is 1.61. The lowest BCUT2D eigenvalue weighted by atomic mass is 10.2. The second-order valence-corrected chi connectivity index (χ2v) is 7.02. The van der Waals surface area contributed by atoms with Crippen LogP contribution in [0.2, 0.25) is 0 Å². The van der Waals surface area contributed by atoms with E-state index in [1.54, 1.807) is 45.7 Å². The van der Waals surface area contributed by atoms with Crippen molar-refractivity contribution in [2.24, 2.45) is 0 Å². The smallest absolute Gasteiger partial charge is 0.330 e. The van der Waals surface area contributed by atoms with Gasteiger partial charge in [-0.05, 0) is 37.6 Å². The highest BCUT2D eigenvalue weighted by Gasteiger charge is 2.31. The Hall–Kier alpha value is -3.00. The van der Waals surface area contributed by atoms with Gasteiger partial charge in [-0.15, -0.1) is 0 Å². The third kappa shape index (κ3) is 3.20. The first-order valence-electron chi connectivity index (χ1n) is 9.36. The number of amides is 1. The molecule has 1 aliphatic heterocycles. The molecule has 4 heterocycles. The van der Waals surface area contributed by atoms with Gasteiger partial charge in [0.15, 0.2) is 5.65 Å². The summed E-state index contributed by atoms with van der Waals surface area (Å²) < 4.78 is 8.57. The fourth-order valence-corrected chi connectivity index (χ4v) is 3.83. The third-order valence-corrected chi connectivity index (χ3v) is 5.20. The Morgan fingerprint density at radius 2 is 2.14 bits per heavy atom. The van der Waals surface area contributed by atoms with Crippen LogP contribution in [0.1, 0.15) is 28.5 Å². The molecule has 1 amide bonds.